The Bertz CT molecular complexity index is 492. The summed E-state index contributed by atoms with van der Waals surface area (Å²) in [6, 6.07) is 15.5. The standard InChI is InChI=1S/C14H15BO2/c1-2-11-7-9-12(10-8-11)13-5-3-4-6-14(13)15(16)17/h3-10,16-17H,2H2,1H3. The zero-order chi connectivity index (χ0) is 12.3. The van der Waals surface area contributed by atoms with Crippen LogP contribution in [-0.2, 0) is 6.42 Å². The van der Waals surface area contributed by atoms with Crippen LogP contribution in [0.3, 0.4) is 0 Å². The Morgan fingerprint density at radius 2 is 1.59 bits per heavy atom. The lowest BCUT2D eigenvalue weighted by Crippen LogP contribution is -2.31. The molecule has 2 rings (SSSR count). The maximum Gasteiger partial charge on any atom is 0.489 e. The van der Waals surface area contributed by atoms with Gasteiger partial charge in [0.15, 0.2) is 0 Å². The fraction of sp³-hybridized carbons (Fsp3) is 0.143. The van der Waals surface area contributed by atoms with Crippen molar-refractivity contribution >= 4 is 12.6 Å². The third-order valence-electron chi connectivity index (χ3n) is 2.91. The predicted octanol–water partition coefficient (Wildman–Crippen LogP) is 1.60. The quantitative estimate of drug-likeness (QED) is 0.780. The van der Waals surface area contributed by atoms with Crippen LogP contribution in [0.5, 0.6) is 0 Å². The number of hydrogen-bond acceptors (Lipinski definition) is 2. The maximum absolute atomic E-state index is 9.32. The van der Waals surface area contributed by atoms with Crippen LogP contribution in [0.2, 0.25) is 0 Å². The molecule has 0 aliphatic heterocycles. The first-order valence-electron chi connectivity index (χ1n) is 5.76. The summed E-state index contributed by atoms with van der Waals surface area (Å²) in [6.45, 7) is 2.11. The molecular formula is C14H15BO2. The van der Waals surface area contributed by atoms with Gasteiger partial charge in [0.25, 0.3) is 0 Å². The first-order valence-corrected chi connectivity index (χ1v) is 5.76. The highest BCUT2D eigenvalue weighted by Crippen LogP contribution is 2.18. The van der Waals surface area contributed by atoms with Gasteiger partial charge >= 0.3 is 7.12 Å². The van der Waals surface area contributed by atoms with Gasteiger partial charge in [-0.3, -0.25) is 0 Å². The van der Waals surface area contributed by atoms with Crippen molar-refractivity contribution < 1.29 is 10.0 Å². The summed E-state index contributed by atoms with van der Waals surface area (Å²) in [5.74, 6) is 0. The molecule has 0 saturated heterocycles. The van der Waals surface area contributed by atoms with Gasteiger partial charge in [0.05, 0.1) is 0 Å². The highest BCUT2D eigenvalue weighted by Gasteiger charge is 2.15. The van der Waals surface area contributed by atoms with E-state index in [0.717, 1.165) is 17.5 Å². The summed E-state index contributed by atoms with van der Waals surface area (Å²) in [7, 11) is -1.43. The summed E-state index contributed by atoms with van der Waals surface area (Å²) in [5.41, 5.74) is 3.68. The fourth-order valence-corrected chi connectivity index (χ4v) is 1.91. The number of benzene rings is 2. The first kappa shape index (κ1) is 11.9. The SMILES string of the molecule is CCc1ccc(-c2ccccc2B(O)O)cc1. The summed E-state index contributed by atoms with van der Waals surface area (Å²) in [6.07, 6.45) is 1.00. The molecular weight excluding hydrogens is 211 g/mol. The Morgan fingerprint density at radius 1 is 0.941 bits per heavy atom. The number of hydrogen-bond donors (Lipinski definition) is 2. The molecule has 0 aliphatic carbocycles. The van der Waals surface area contributed by atoms with Crippen molar-refractivity contribution in [2.24, 2.45) is 0 Å². The van der Waals surface area contributed by atoms with Gasteiger partial charge in [0, 0.05) is 0 Å². The van der Waals surface area contributed by atoms with Crippen molar-refractivity contribution in [2.75, 3.05) is 0 Å². The van der Waals surface area contributed by atoms with E-state index in [9.17, 15) is 10.0 Å². The van der Waals surface area contributed by atoms with Crippen LogP contribution < -0.4 is 5.46 Å². The van der Waals surface area contributed by atoms with Crippen molar-refractivity contribution in [2.45, 2.75) is 13.3 Å². The Balaban J connectivity index is 2.45. The van der Waals surface area contributed by atoms with Crippen LogP contribution in [0.4, 0.5) is 0 Å². The average Bonchev–Trinajstić information content (AvgIpc) is 2.39. The second kappa shape index (κ2) is 5.17. The topological polar surface area (TPSA) is 40.5 Å². The smallest absolute Gasteiger partial charge is 0.423 e. The summed E-state index contributed by atoms with van der Waals surface area (Å²) in [5, 5.41) is 18.6. The van der Waals surface area contributed by atoms with Crippen molar-refractivity contribution in [1.29, 1.82) is 0 Å². The van der Waals surface area contributed by atoms with Crippen molar-refractivity contribution in [3.63, 3.8) is 0 Å². The molecule has 0 spiro atoms. The Hall–Kier alpha value is -1.58. The molecule has 0 aliphatic rings. The Labute approximate surface area is 102 Å². The third kappa shape index (κ3) is 2.57. The van der Waals surface area contributed by atoms with Crippen LogP contribution in [0.1, 0.15) is 12.5 Å². The molecule has 2 aromatic rings. The largest absolute Gasteiger partial charge is 0.489 e. The molecule has 2 aromatic carbocycles. The second-order valence-electron chi connectivity index (χ2n) is 4.01. The van der Waals surface area contributed by atoms with Crippen LogP contribution in [0.15, 0.2) is 48.5 Å². The molecule has 0 fully saturated rings. The highest BCUT2D eigenvalue weighted by atomic mass is 16.4. The molecule has 0 amide bonds. The molecule has 17 heavy (non-hydrogen) atoms. The van der Waals surface area contributed by atoms with E-state index in [-0.39, 0.29) is 0 Å². The van der Waals surface area contributed by atoms with Crippen LogP contribution in [-0.4, -0.2) is 17.2 Å². The zero-order valence-electron chi connectivity index (χ0n) is 9.80. The van der Waals surface area contributed by atoms with Gasteiger partial charge in [-0.25, -0.2) is 0 Å². The zero-order valence-corrected chi connectivity index (χ0v) is 9.80. The minimum absolute atomic E-state index is 0.539. The van der Waals surface area contributed by atoms with E-state index in [4.69, 9.17) is 0 Å². The third-order valence-corrected chi connectivity index (χ3v) is 2.91. The maximum atomic E-state index is 9.32. The molecule has 3 heteroatoms. The van der Waals surface area contributed by atoms with Crippen LogP contribution in [0.25, 0.3) is 11.1 Å². The lowest BCUT2D eigenvalue weighted by atomic mass is 9.75. The van der Waals surface area contributed by atoms with Gasteiger partial charge in [-0.15, -0.1) is 0 Å². The Kier molecular flexibility index (Phi) is 3.62. The lowest BCUT2D eigenvalue weighted by molar-refractivity contribution is 0.426. The van der Waals surface area contributed by atoms with Gasteiger partial charge in [-0.2, -0.15) is 0 Å². The molecule has 0 unspecified atom stereocenters. The van der Waals surface area contributed by atoms with E-state index in [1.165, 1.54) is 5.56 Å². The molecule has 86 valence electrons. The Morgan fingerprint density at radius 3 is 2.18 bits per heavy atom. The van der Waals surface area contributed by atoms with Gasteiger partial charge in [0.1, 0.15) is 0 Å². The molecule has 0 radical (unpaired) electrons. The van der Waals surface area contributed by atoms with E-state index < -0.39 is 7.12 Å². The summed E-state index contributed by atoms with van der Waals surface area (Å²) >= 11 is 0. The fourth-order valence-electron chi connectivity index (χ4n) is 1.91. The molecule has 0 saturated carbocycles. The molecule has 0 atom stereocenters. The van der Waals surface area contributed by atoms with Crippen molar-refractivity contribution in [3.05, 3.63) is 54.1 Å². The van der Waals surface area contributed by atoms with E-state index in [1.807, 2.05) is 24.3 Å². The molecule has 2 nitrogen and oxygen atoms in total. The van der Waals surface area contributed by atoms with E-state index in [2.05, 4.69) is 19.1 Å². The molecule has 2 N–H and O–H groups in total. The van der Waals surface area contributed by atoms with E-state index >= 15 is 0 Å². The van der Waals surface area contributed by atoms with E-state index in [0.29, 0.717) is 5.46 Å². The first-order chi connectivity index (χ1) is 8.22. The second-order valence-corrected chi connectivity index (χ2v) is 4.01. The monoisotopic (exact) mass is 226 g/mol. The van der Waals surface area contributed by atoms with Crippen LogP contribution in [0, 0.1) is 0 Å². The summed E-state index contributed by atoms with van der Waals surface area (Å²) < 4.78 is 0. The van der Waals surface area contributed by atoms with Crippen LogP contribution >= 0.6 is 0 Å². The summed E-state index contributed by atoms with van der Waals surface area (Å²) in [4.78, 5) is 0. The van der Waals surface area contributed by atoms with Gasteiger partial charge in [-0.1, -0.05) is 55.5 Å². The predicted molar refractivity (Wildman–Crippen MR) is 71.1 cm³/mol. The lowest BCUT2D eigenvalue weighted by Gasteiger charge is -2.09. The van der Waals surface area contributed by atoms with E-state index in [1.54, 1.807) is 12.1 Å². The van der Waals surface area contributed by atoms with Crippen molar-refractivity contribution in [3.8, 4) is 11.1 Å². The van der Waals surface area contributed by atoms with Gasteiger partial charge in [-0.05, 0) is 28.6 Å². The minimum Gasteiger partial charge on any atom is -0.423 e. The normalized spacial score (nSPS) is 10.3. The highest BCUT2D eigenvalue weighted by molar-refractivity contribution is 6.60. The van der Waals surface area contributed by atoms with Gasteiger partial charge in [0.2, 0.25) is 0 Å². The number of rotatable bonds is 3. The molecule has 0 heterocycles. The van der Waals surface area contributed by atoms with Gasteiger partial charge < -0.3 is 10.0 Å². The minimum atomic E-state index is -1.43. The van der Waals surface area contributed by atoms with Crippen molar-refractivity contribution in [1.82, 2.24) is 0 Å². The average molecular weight is 226 g/mol. The molecule has 0 aromatic heterocycles. The molecule has 0 bridgehead atoms. The number of aryl methyl sites for hydroxylation is 1.